The monoisotopic (exact) mass is 342 g/mol. The predicted octanol–water partition coefficient (Wildman–Crippen LogP) is 7.40. The molecule has 23 heavy (non-hydrogen) atoms. The first-order chi connectivity index (χ1) is 10.5. The topological polar surface area (TPSA) is 0 Å². The van der Waals surface area contributed by atoms with E-state index < -0.39 is 19.8 Å². The SMILES string of the molecule is CC(C)[Si](C/C=C\c1ccc(C(F)(F)F)cc1)(C(C)C)C(C)C. The second kappa shape index (κ2) is 7.69. The maximum Gasteiger partial charge on any atom is 0.416 e. The number of rotatable bonds is 6. The van der Waals surface area contributed by atoms with Crippen molar-refractivity contribution < 1.29 is 13.2 Å². The fourth-order valence-electron chi connectivity index (χ4n) is 3.89. The summed E-state index contributed by atoms with van der Waals surface area (Å²) in [5.41, 5.74) is 2.28. The zero-order valence-corrected chi connectivity index (χ0v) is 16.0. The summed E-state index contributed by atoms with van der Waals surface area (Å²) in [5, 5.41) is 0. The Bertz CT molecular complexity index is 489. The van der Waals surface area contributed by atoms with E-state index >= 15 is 0 Å². The molecule has 0 aromatic heterocycles. The summed E-state index contributed by atoms with van der Waals surface area (Å²) in [7, 11) is -1.49. The van der Waals surface area contributed by atoms with Crippen LogP contribution in [-0.4, -0.2) is 8.07 Å². The minimum absolute atomic E-state index is 0.593. The number of benzene rings is 1. The van der Waals surface area contributed by atoms with Gasteiger partial charge in [0.1, 0.15) is 0 Å². The molecule has 0 spiro atoms. The molecule has 0 saturated carbocycles. The van der Waals surface area contributed by atoms with Crippen LogP contribution in [0.15, 0.2) is 30.3 Å². The summed E-state index contributed by atoms with van der Waals surface area (Å²) >= 11 is 0. The Morgan fingerprint density at radius 3 is 1.65 bits per heavy atom. The minimum atomic E-state index is -4.27. The summed E-state index contributed by atoms with van der Waals surface area (Å²) in [4.78, 5) is 0. The number of alkyl halides is 3. The molecule has 0 atom stereocenters. The molecule has 0 radical (unpaired) electrons. The van der Waals surface area contributed by atoms with Crippen molar-refractivity contribution >= 4 is 14.1 Å². The lowest BCUT2D eigenvalue weighted by molar-refractivity contribution is -0.137. The molecule has 0 fully saturated rings. The van der Waals surface area contributed by atoms with Crippen LogP contribution in [0.4, 0.5) is 13.2 Å². The summed E-state index contributed by atoms with van der Waals surface area (Å²) in [5.74, 6) is 0. The molecule has 0 aliphatic heterocycles. The van der Waals surface area contributed by atoms with E-state index in [1.165, 1.54) is 0 Å². The quantitative estimate of drug-likeness (QED) is 0.472. The van der Waals surface area contributed by atoms with Crippen LogP contribution in [0, 0.1) is 0 Å². The van der Waals surface area contributed by atoms with Crippen molar-refractivity contribution in [2.75, 3.05) is 0 Å². The van der Waals surface area contributed by atoms with Gasteiger partial charge in [0.05, 0.1) is 13.6 Å². The van der Waals surface area contributed by atoms with Crippen molar-refractivity contribution in [3.8, 4) is 0 Å². The summed E-state index contributed by atoms with van der Waals surface area (Å²) in [6.45, 7) is 13.9. The van der Waals surface area contributed by atoms with Crippen LogP contribution >= 0.6 is 0 Å². The first kappa shape index (κ1) is 20.0. The molecule has 1 aromatic rings. The highest BCUT2D eigenvalue weighted by molar-refractivity contribution is 6.83. The molecule has 0 aliphatic carbocycles. The Morgan fingerprint density at radius 2 is 1.30 bits per heavy atom. The normalized spacial score (nSPS) is 13.7. The highest BCUT2D eigenvalue weighted by atomic mass is 28.3. The molecule has 0 unspecified atom stereocenters. The Balaban J connectivity index is 2.92. The summed E-state index contributed by atoms with van der Waals surface area (Å²) in [6, 6.07) is 6.46. The molecule has 4 heteroatoms. The molecule has 0 saturated heterocycles. The van der Waals surface area contributed by atoms with E-state index in [-0.39, 0.29) is 0 Å². The predicted molar refractivity (Wildman–Crippen MR) is 96.3 cm³/mol. The maximum absolute atomic E-state index is 12.6. The van der Waals surface area contributed by atoms with Crippen LogP contribution < -0.4 is 0 Å². The van der Waals surface area contributed by atoms with E-state index in [4.69, 9.17) is 0 Å². The first-order valence-electron chi connectivity index (χ1n) is 8.35. The largest absolute Gasteiger partial charge is 0.416 e. The standard InChI is InChI=1S/C19H29F3Si/c1-14(2)23(15(3)4,16(5)6)13-7-8-17-9-11-18(12-10-17)19(20,21)22/h7-12,14-16H,13H2,1-6H3/b8-7-. The van der Waals surface area contributed by atoms with Crippen LogP contribution in [0.5, 0.6) is 0 Å². The van der Waals surface area contributed by atoms with Crippen molar-refractivity contribution in [2.45, 2.75) is 70.4 Å². The average Bonchev–Trinajstić information content (AvgIpc) is 2.41. The zero-order chi connectivity index (χ0) is 17.8. The molecule has 0 N–H and O–H groups in total. The minimum Gasteiger partial charge on any atom is -0.166 e. The van der Waals surface area contributed by atoms with E-state index in [2.05, 4.69) is 47.6 Å². The zero-order valence-electron chi connectivity index (χ0n) is 15.0. The van der Waals surface area contributed by atoms with Gasteiger partial charge in [-0.05, 0) is 23.7 Å². The number of hydrogen-bond acceptors (Lipinski definition) is 0. The molecular weight excluding hydrogens is 313 g/mol. The van der Waals surface area contributed by atoms with Crippen LogP contribution in [0.25, 0.3) is 6.08 Å². The van der Waals surface area contributed by atoms with E-state index in [1.807, 2.05) is 6.08 Å². The van der Waals surface area contributed by atoms with Crippen LogP contribution in [0.2, 0.25) is 22.7 Å². The lowest BCUT2D eigenvalue weighted by atomic mass is 10.1. The number of halogens is 3. The molecule has 1 rings (SSSR count). The van der Waals surface area contributed by atoms with Crippen molar-refractivity contribution in [3.05, 3.63) is 41.5 Å². The third-order valence-corrected chi connectivity index (χ3v) is 12.6. The van der Waals surface area contributed by atoms with Crippen LogP contribution in [-0.2, 0) is 6.18 Å². The van der Waals surface area contributed by atoms with Gasteiger partial charge in [-0.3, -0.25) is 0 Å². The highest BCUT2D eigenvalue weighted by Crippen LogP contribution is 2.44. The Kier molecular flexibility index (Phi) is 6.69. The van der Waals surface area contributed by atoms with Gasteiger partial charge < -0.3 is 0 Å². The van der Waals surface area contributed by atoms with Crippen LogP contribution in [0.1, 0.15) is 52.7 Å². The molecule has 0 amide bonds. The molecule has 0 aliphatic rings. The van der Waals surface area contributed by atoms with E-state index in [1.54, 1.807) is 12.1 Å². The fraction of sp³-hybridized carbons (Fsp3) is 0.579. The third kappa shape index (κ3) is 4.72. The Morgan fingerprint density at radius 1 is 0.870 bits per heavy atom. The van der Waals surface area contributed by atoms with E-state index in [9.17, 15) is 13.2 Å². The maximum atomic E-state index is 12.6. The lowest BCUT2D eigenvalue weighted by Crippen LogP contribution is -2.43. The summed E-state index contributed by atoms with van der Waals surface area (Å²) in [6.07, 6.45) is -0.124. The van der Waals surface area contributed by atoms with Gasteiger partial charge >= 0.3 is 6.18 Å². The van der Waals surface area contributed by atoms with E-state index in [0.717, 1.165) is 23.7 Å². The fourth-order valence-corrected chi connectivity index (χ4v) is 9.83. The van der Waals surface area contributed by atoms with Gasteiger partial charge in [0.2, 0.25) is 0 Å². The molecule has 1 aromatic carbocycles. The van der Waals surface area contributed by atoms with Gasteiger partial charge in [0.15, 0.2) is 0 Å². The Labute approximate surface area is 139 Å². The van der Waals surface area contributed by atoms with E-state index in [0.29, 0.717) is 16.6 Å². The lowest BCUT2D eigenvalue weighted by Gasteiger charge is -2.42. The van der Waals surface area contributed by atoms with Gasteiger partial charge in [0.25, 0.3) is 0 Å². The number of hydrogen-bond donors (Lipinski definition) is 0. The van der Waals surface area contributed by atoms with Crippen LogP contribution in [0.3, 0.4) is 0 Å². The highest BCUT2D eigenvalue weighted by Gasteiger charge is 2.41. The van der Waals surface area contributed by atoms with Gasteiger partial charge in [-0.1, -0.05) is 82.5 Å². The van der Waals surface area contributed by atoms with Crippen molar-refractivity contribution in [1.82, 2.24) is 0 Å². The van der Waals surface area contributed by atoms with Crippen molar-refractivity contribution in [3.63, 3.8) is 0 Å². The molecular formula is C19H29F3Si. The second-order valence-electron chi connectivity index (χ2n) is 7.30. The molecule has 0 heterocycles. The second-order valence-corrected chi connectivity index (χ2v) is 13.4. The van der Waals surface area contributed by atoms with Gasteiger partial charge in [-0.25, -0.2) is 0 Å². The molecule has 0 nitrogen and oxygen atoms in total. The van der Waals surface area contributed by atoms with Crippen molar-refractivity contribution in [1.29, 1.82) is 0 Å². The Hall–Kier alpha value is -1.03. The van der Waals surface area contributed by atoms with Gasteiger partial charge in [-0.2, -0.15) is 13.2 Å². The number of allylic oxidation sites excluding steroid dienone is 1. The van der Waals surface area contributed by atoms with Crippen molar-refractivity contribution in [2.24, 2.45) is 0 Å². The third-order valence-electron chi connectivity index (χ3n) is 5.24. The van der Waals surface area contributed by atoms with Gasteiger partial charge in [-0.15, -0.1) is 0 Å². The summed E-state index contributed by atoms with van der Waals surface area (Å²) < 4.78 is 37.7. The van der Waals surface area contributed by atoms with Gasteiger partial charge in [0, 0.05) is 0 Å². The molecule has 0 bridgehead atoms. The first-order valence-corrected chi connectivity index (χ1v) is 10.8. The smallest absolute Gasteiger partial charge is 0.166 e. The molecule has 130 valence electrons. The average molecular weight is 343 g/mol.